The van der Waals surface area contributed by atoms with Crippen molar-refractivity contribution in [3.8, 4) is 0 Å². The summed E-state index contributed by atoms with van der Waals surface area (Å²) in [5, 5.41) is 0. The summed E-state index contributed by atoms with van der Waals surface area (Å²) in [5.74, 6) is -0.158. The van der Waals surface area contributed by atoms with Gasteiger partial charge in [0.05, 0.1) is 6.04 Å². The summed E-state index contributed by atoms with van der Waals surface area (Å²) in [7, 11) is 0. The molecule has 3 rings (SSSR count). The molecule has 0 bridgehead atoms. The molecule has 0 heterocycles. The van der Waals surface area contributed by atoms with E-state index in [0.717, 1.165) is 11.1 Å². The van der Waals surface area contributed by atoms with Crippen LogP contribution in [0.15, 0.2) is 97.1 Å². The molecule has 0 aromatic heterocycles. The minimum absolute atomic E-state index is 0.130. The molecule has 0 saturated heterocycles. The number of amides is 1. The Morgan fingerprint density at radius 3 is 1.96 bits per heavy atom. The van der Waals surface area contributed by atoms with Gasteiger partial charge in [0, 0.05) is 5.56 Å². The lowest BCUT2D eigenvalue weighted by atomic mass is 10.1. The maximum Gasteiger partial charge on any atom is 0.265 e. The van der Waals surface area contributed by atoms with Gasteiger partial charge in [-0.3, -0.25) is 10.2 Å². The molecule has 0 fully saturated rings. The molecule has 1 atom stereocenters. The van der Waals surface area contributed by atoms with Crippen molar-refractivity contribution in [3.05, 3.63) is 114 Å². The third-order valence-electron chi connectivity index (χ3n) is 3.82. The summed E-state index contributed by atoms with van der Waals surface area (Å²) in [5.41, 5.74) is 8.71. The fourth-order valence-corrected chi connectivity index (χ4v) is 2.48. The van der Waals surface area contributed by atoms with Gasteiger partial charge in [-0.1, -0.05) is 91.0 Å². The maximum absolute atomic E-state index is 12.3. The number of benzene rings is 3. The standard InChI is InChI=1S/C22H20N2O/c25-22(20-14-8-3-9-15-20)24-23-21(19-12-6-2-7-13-19)17-16-18-10-4-1-5-11-18/h1-17,21,23H,(H,24,25). The van der Waals surface area contributed by atoms with Crippen molar-refractivity contribution >= 4 is 12.0 Å². The third kappa shape index (κ3) is 4.90. The number of hydrogen-bond donors (Lipinski definition) is 2. The Labute approximate surface area is 148 Å². The first-order valence-electron chi connectivity index (χ1n) is 8.22. The predicted octanol–water partition coefficient (Wildman–Crippen LogP) is 4.38. The van der Waals surface area contributed by atoms with E-state index in [1.54, 1.807) is 12.1 Å². The summed E-state index contributed by atoms with van der Waals surface area (Å²) < 4.78 is 0. The fourth-order valence-electron chi connectivity index (χ4n) is 2.48. The van der Waals surface area contributed by atoms with Gasteiger partial charge in [-0.15, -0.1) is 0 Å². The van der Waals surface area contributed by atoms with Crippen molar-refractivity contribution in [1.29, 1.82) is 0 Å². The highest BCUT2D eigenvalue weighted by molar-refractivity contribution is 5.93. The zero-order valence-corrected chi connectivity index (χ0v) is 13.8. The molecule has 0 aliphatic carbocycles. The molecule has 3 aromatic rings. The van der Waals surface area contributed by atoms with Crippen LogP contribution in [0.4, 0.5) is 0 Å². The molecular formula is C22H20N2O. The Hall–Kier alpha value is -3.17. The number of rotatable bonds is 6. The van der Waals surface area contributed by atoms with E-state index in [1.165, 1.54) is 0 Å². The number of hydrogen-bond acceptors (Lipinski definition) is 2. The monoisotopic (exact) mass is 328 g/mol. The van der Waals surface area contributed by atoms with E-state index in [2.05, 4.69) is 10.9 Å². The smallest absolute Gasteiger partial charge is 0.265 e. The molecule has 3 heteroatoms. The van der Waals surface area contributed by atoms with Crippen molar-refractivity contribution in [3.63, 3.8) is 0 Å². The van der Waals surface area contributed by atoms with Crippen LogP contribution in [-0.4, -0.2) is 5.91 Å². The molecule has 124 valence electrons. The Kier molecular flexibility index (Phi) is 5.75. The van der Waals surface area contributed by atoms with Gasteiger partial charge < -0.3 is 0 Å². The average molecular weight is 328 g/mol. The largest absolute Gasteiger partial charge is 0.287 e. The third-order valence-corrected chi connectivity index (χ3v) is 3.82. The lowest BCUT2D eigenvalue weighted by molar-refractivity contribution is 0.0929. The van der Waals surface area contributed by atoms with Crippen molar-refractivity contribution in [2.45, 2.75) is 6.04 Å². The first kappa shape index (κ1) is 16.7. The number of hydrazine groups is 1. The number of nitrogens with one attached hydrogen (secondary N) is 2. The predicted molar refractivity (Wildman–Crippen MR) is 102 cm³/mol. The maximum atomic E-state index is 12.3. The van der Waals surface area contributed by atoms with Crippen molar-refractivity contribution < 1.29 is 4.79 Å². The van der Waals surface area contributed by atoms with Gasteiger partial charge in [-0.25, -0.2) is 5.43 Å². The van der Waals surface area contributed by atoms with Crippen molar-refractivity contribution in [1.82, 2.24) is 10.9 Å². The lowest BCUT2D eigenvalue weighted by Crippen LogP contribution is -2.39. The molecule has 0 saturated carbocycles. The summed E-state index contributed by atoms with van der Waals surface area (Å²) in [6.45, 7) is 0. The lowest BCUT2D eigenvalue weighted by Gasteiger charge is -2.16. The molecular weight excluding hydrogens is 308 g/mol. The van der Waals surface area contributed by atoms with Crippen LogP contribution in [-0.2, 0) is 0 Å². The van der Waals surface area contributed by atoms with E-state index in [1.807, 2.05) is 91.0 Å². The molecule has 25 heavy (non-hydrogen) atoms. The van der Waals surface area contributed by atoms with Crippen LogP contribution in [0.2, 0.25) is 0 Å². The van der Waals surface area contributed by atoms with E-state index >= 15 is 0 Å². The van der Waals surface area contributed by atoms with E-state index in [-0.39, 0.29) is 11.9 Å². The summed E-state index contributed by atoms with van der Waals surface area (Å²) in [4.78, 5) is 12.3. The van der Waals surface area contributed by atoms with Crippen LogP contribution in [0.1, 0.15) is 27.5 Å². The highest BCUT2D eigenvalue weighted by atomic mass is 16.2. The molecule has 3 nitrogen and oxygen atoms in total. The van der Waals surface area contributed by atoms with Crippen LogP contribution in [0.3, 0.4) is 0 Å². The summed E-state index contributed by atoms with van der Waals surface area (Å²) >= 11 is 0. The molecule has 2 N–H and O–H groups in total. The molecule has 1 amide bonds. The Balaban J connectivity index is 1.73. The van der Waals surface area contributed by atoms with Gasteiger partial charge in [0.15, 0.2) is 0 Å². The molecule has 0 aliphatic heterocycles. The Bertz CT molecular complexity index is 814. The van der Waals surface area contributed by atoms with Crippen LogP contribution in [0.5, 0.6) is 0 Å². The van der Waals surface area contributed by atoms with Gasteiger partial charge in [-0.05, 0) is 23.3 Å². The van der Waals surface area contributed by atoms with Crippen LogP contribution in [0.25, 0.3) is 6.08 Å². The van der Waals surface area contributed by atoms with Gasteiger partial charge >= 0.3 is 0 Å². The average Bonchev–Trinajstić information content (AvgIpc) is 2.70. The van der Waals surface area contributed by atoms with Crippen molar-refractivity contribution in [2.24, 2.45) is 0 Å². The first-order valence-corrected chi connectivity index (χ1v) is 8.22. The normalized spacial score (nSPS) is 12.0. The zero-order chi connectivity index (χ0) is 17.3. The highest BCUT2D eigenvalue weighted by Crippen LogP contribution is 2.15. The second-order valence-electron chi connectivity index (χ2n) is 5.62. The molecule has 1 unspecified atom stereocenters. The minimum Gasteiger partial charge on any atom is -0.287 e. The first-order chi connectivity index (χ1) is 12.3. The topological polar surface area (TPSA) is 41.1 Å². The Morgan fingerprint density at radius 1 is 0.760 bits per heavy atom. The zero-order valence-electron chi connectivity index (χ0n) is 13.8. The van der Waals surface area contributed by atoms with Gasteiger partial charge in [0.1, 0.15) is 0 Å². The molecule has 0 spiro atoms. The molecule has 3 aromatic carbocycles. The molecule has 0 aliphatic rings. The van der Waals surface area contributed by atoms with Crippen LogP contribution >= 0.6 is 0 Å². The van der Waals surface area contributed by atoms with Gasteiger partial charge in [-0.2, -0.15) is 0 Å². The fraction of sp³-hybridized carbons (Fsp3) is 0.0455. The molecule has 0 radical (unpaired) electrons. The minimum atomic E-state index is -0.158. The van der Waals surface area contributed by atoms with Crippen molar-refractivity contribution in [2.75, 3.05) is 0 Å². The van der Waals surface area contributed by atoms with Gasteiger partial charge in [0.2, 0.25) is 0 Å². The Morgan fingerprint density at radius 2 is 1.32 bits per heavy atom. The second-order valence-corrected chi connectivity index (χ2v) is 5.62. The highest BCUT2D eigenvalue weighted by Gasteiger charge is 2.10. The second kappa shape index (κ2) is 8.62. The van der Waals surface area contributed by atoms with E-state index < -0.39 is 0 Å². The quantitative estimate of drug-likeness (QED) is 0.660. The van der Waals surface area contributed by atoms with E-state index in [4.69, 9.17) is 0 Å². The SMILES string of the molecule is O=C(NNC(C=Cc1ccccc1)c1ccccc1)c1ccccc1. The van der Waals surface area contributed by atoms with Gasteiger partial charge in [0.25, 0.3) is 5.91 Å². The van der Waals surface area contributed by atoms with Crippen LogP contribution in [0, 0.1) is 0 Å². The number of carbonyl (C=O) groups is 1. The number of carbonyl (C=O) groups excluding carboxylic acids is 1. The van der Waals surface area contributed by atoms with Crippen LogP contribution < -0.4 is 10.9 Å². The van der Waals surface area contributed by atoms with E-state index in [9.17, 15) is 4.79 Å². The summed E-state index contributed by atoms with van der Waals surface area (Å²) in [6.07, 6.45) is 4.08. The summed E-state index contributed by atoms with van der Waals surface area (Å²) in [6, 6.07) is 29.1. The van der Waals surface area contributed by atoms with E-state index in [0.29, 0.717) is 5.56 Å².